The molecular formula is C25H20ClN5O5. The lowest BCUT2D eigenvalue weighted by atomic mass is 9.81. The van der Waals surface area contributed by atoms with Gasteiger partial charge in [-0.05, 0) is 17.7 Å². The second-order valence-corrected chi connectivity index (χ2v) is 7.80. The third-order valence-corrected chi connectivity index (χ3v) is 5.78. The lowest BCUT2D eigenvalue weighted by Gasteiger charge is -2.36. The number of carbonyl (C=O) groups is 2. The number of allylic oxidation sites excluding steroid dienone is 1. The van der Waals surface area contributed by atoms with Crippen LogP contribution in [0.3, 0.4) is 0 Å². The van der Waals surface area contributed by atoms with E-state index in [2.05, 4.69) is 16.2 Å². The van der Waals surface area contributed by atoms with E-state index in [-0.39, 0.29) is 40.3 Å². The lowest BCUT2D eigenvalue weighted by Crippen LogP contribution is -2.40. The molecule has 2 aromatic carbocycles. The molecule has 1 atom stereocenters. The van der Waals surface area contributed by atoms with Gasteiger partial charge >= 0.3 is 11.9 Å². The highest BCUT2D eigenvalue weighted by molar-refractivity contribution is 6.16. The second kappa shape index (κ2) is 10.3. The Morgan fingerprint density at radius 1 is 1.14 bits per heavy atom. The van der Waals surface area contributed by atoms with E-state index in [0.29, 0.717) is 16.8 Å². The quantitative estimate of drug-likeness (QED) is 0.391. The molecule has 0 bridgehead atoms. The molecule has 11 heteroatoms. The van der Waals surface area contributed by atoms with Crippen molar-refractivity contribution in [1.29, 1.82) is 5.26 Å². The van der Waals surface area contributed by atoms with Crippen molar-refractivity contribution in [2.45, 2.75) is 11.8 Å². The number of alkyl halides is 1. The van der Waals surface area contributed by atoms with Gasteiger partial charge in [-0.1, -0.05) is 47.6 Å². The first-order chi connectivity index (χ1) is 17.4. The van der Waals surface area contributed by atoms with E-state index in [1.165, 1.54) is 19.1 Å². The first kappa shape index (κ1) is 24.5. The normalized spacial score (nSPS) is 15.5. The van der Waals surface area contributed by atoms with Gasteiger partial charge in [0, 0.05) is 11.3 Å². The molecule has 0 spiro atoms. The molecule has 0 saturated carbocycles. The van der Waals surface area contributed by atoms with Gasteiger partial charge in [-0.15, -0.1) is 11.6 Å². The third-order valence-electron chi connectivity index (χ3n) is 5.56. The van der Waals surface area contributed by atoms with E-state index >= 15 is 0 Å². The van der Waals surface area contributed by atoms with E-state index in [9.17, 15) is 14.9 Å². The number of carbonyl (C=O) groups excluding carboxylic acids is 2. The van der Waals surface area contributed by atoms with Crippen molar-refractivity contribution in [2.75, 3.05) is 19.1 Å². The molecular weight excluding hydrogens is 486 g/mol. The average Bonchev–Trinajstić information content (AvgIpc) is 3.41. The highest BCUT2D eigenvalue weighted by Gasteiger charge is 2.43. The van der Waals surface area contributed by atoms with Gasteiger partial charge in [-0.25, -0.2) is 9.59 Å². The average molecular weight is 506 g/mol. The molecule has 1 aliphatic rings. The molecule has 0 radical (unpaired) electrons. The summed E-state index contributed by atoms with van der Waals surface area (Å²) in [4.78, 5) is 31.8. The highest BCUT2D eigenvalue weighted by atomic mass is 35.5. The minimum Gasteiger partial charge on any atom is -0.466 e. The summed E-state index contributed by atoms with van der Waals surface area (Å²) in [6.07, 6.45) is 0. The van der Waals surface area contributed by atoms with Crippen molar-refractivity contribution in [3.8, 4) is 17.5 Å². The number of hydrogen-bond donors (Lipinski definition) is 1. The molecule has 10 nitrogen and oxygen atoms in total. The Balaban J connectivity index is 1.99. The Morgan fingerprint density at radius 3 is 2.47 bits per heavy atom. The van der Waals surface area contributed by atoms with Gasteiger partial charge < -0.3 is 19.7 Å². The van der Waals surface area contributed by atoms with Crippen molar-refractivity contribution in [1.82, 2.24) is 10.1 Å². The Labute approximate surface area is 211 Å². The van der Waals surface area contributed by atoms with Crippen LogP contribution in [0.15, 0.2) is 81.8 Å². The van der Waals surface area contributed by atoms with Crippen LogP contribution in [0.25, 0.3) is 11.4 Å². The van der Waals surface area contributed by atoms with E-state index in [0.717, 1.165) is 0 Å². The molecule has 1 aromatic heterocycles. The topological polar surface area (TPSA) is 145 Å². The van der Waals surface area contributed by atoms with Crippen molar-refractivity contribution >= 4 is 29.2 Å². The third kappa shape index (κ3) is 4.28. The van der Waals surface area contributed by atoms with Crippen LogP contribution in [0.1, 0.15) is 17.4 Å². The minimum atomic E-state index is -0.958. The summed E-state index contributed by atoms with van der Waals surface area (Å²) < 4.78 is 15.2. The summed E-state index contributed by atoms with van der Waals surface area (Å²) in [5.74, 6) is -2.13. The van der Waals surface area contributed by atoms with Crippen molar-refractivity contribution < 1.29 is 23.6 Å². The highest BCUT2D eigenvalue weighted by Crippen LogP contribution is 2.43. The Bertz CT molecular complexity index is 1420. The summed E-state index contributed by atoms with van der Waals surface area (Å²) in [6.45, 7) is 0. The van der Waals surface area contributed by atoms with E-state index in [1.807, 2.05) is 0 Å². The number of ether oxygens (including phenoxy) is 2. The first-order valence-corrected chi connectivity index (χ1v) is 11.1. The van der Waals surface area contributed by atoms with E-state index in [4.69, 9.17) is 31.3 Å². The molecule has 182 valence electrons. The molecule has 3 aromatic rings. The predicted molar refractivity (Wildman–Crippen MR) is 129 cm³/mol. The number of esters is 2. The summed E-state index contributed by atoms with van der Waals surface area (Å²) in [5.41, 5.74) is 7.76. The van der Waals surface area contributed by atoms with Crippen LogP contribution in [0.4, 0.5) is 5.69 Å². The zero-order valence-electron chi connectivity index (χ0n) is 19.3. The monoisotopic (exact) mass is 505 g/mol. The maximum atomic E-state index is 13.2. The number of hydrogen-bond acceptors (Lipinski definition) is 10. The van der Waals surface area contributed by atoms with Crippen molar-refractivity contribution in [2.24, 2.45) is 5.73 Å². The van der Waals surface area contributed by atoms with Crippen LogP contribution < -0.4 is 10.6 Å². The van der Waals surface area contributed by atoms with Crippen LogP contribution in [0.2, 0.25) is 0 Å². The van der Waals surface area contributed by atoms with Crippen LogP contribution in [-0.2, 0) is 24.9 Å². The van der Waals surface area contributed by atoms with Gasteiger partial charge in [0.1, 0.15) is 17.4 Å². The number of nitriles is 1. The molecule has 1 aliphatic heterocycles. The summed E-state index contributed by atoms with van der Waals surface area (Å²) in [5, 5.41) is 14.0. The minimum absolute atomic E-state index is 0.0403. The van der Waals surface area contributed by atoms with Crippen LogP contribution >= 0.6 is 11.6 Å². The van der Waals surface area contributed by atoms with Gasteiger partial charge in [0.2, 0.25) is 11.7 Å². The van der Waals surface area contributed by atoms with Gasteiger partial charge in [-0.3, -0.25) is 4.90 Å². The first-order valence-electron chi connectivity index (χ1n) is 10.6. The number of aromatic nitrogens is 2. The van der Waals surface area contributed by atoms with Crippen molar-refractivity contribution in [3.05, 3.63) is 88.7 Å². The van der Waals surface area contributed by atoms with E-state index in [1.54, 1.807) is 54.6 Å². The summed E-state index contributed by atoms with van der Waals surface area (Å²) >= 11 is 5.77. The summed E-state index contributed by atoms with van der Waals surface area (Å²) in [7, 11) is 2.37. The maximum absolute atomic E-state index is 13.2. The molecule has 0 fully saturated rings. The molecule has 0 amide bonds. The van der Waals surface area contributed by atoms with Crippen LogP contribution in [0, 0.1) is 11.3 Å². The van der Waals surface area contributed by atoms with Gasteiger partial charge in [0.15, 0.2) is 0 Å². The fraction of sp³-hybridized carbons (Fsp3) is 0.160. The molecule has 36 heavy (non-hydrogen) atoms. The fourth-order valence-corrected chi connectivity index (χ4v) is 4.10. The zero-order chi connectivity index (χ0) is 25.8. The molecule has 2 N–H and O–H groups in total. The molecule has 1 unspecified atom stereocenters. The maximum Gasteiger partial charge on any atom is 0.355 e. The lowest BCUT2D eigenvalue weighted by molar-refractivity contribution is -0.139. The largest absolute Gasteiger partial charge is 0.466 e. The predicted octanol–water partition coefficient (Wildman–Crippen LogP) is 3.37. The number of halogens is 1. The van der Waals surface area contributed by atoms with Gasteiger partial charge in [0.05, 0.1) is 37.4 Å². The molecule has 4 rings (SSSR count). The number of nitrogens with two attached hydrogens (primary N) is 1. The Morgan fingerprint density at radius 2 is 1.86 bits per heavy atom. The molecule has 0 aliphatic carbocycles. The number of nitrogens with zero attached hydrogens (tertiary/aromatic N) is 4. The Hall–Kier alpha value is -4.62. The zero-order valence-corrected chi connectivity index (χ0v) is 20.0. The standard InChI is InChI=1S/C25H20ClN5O5/c1-34-24(32)20-19(14-7-4-3-5-8-14)17(13-27)22(28)31(21(20)25(33)35-2)16-10-6-9-15(11-16)23-29-18(12-26)36-30-23/h3-11,19H,12,28H2,1-2H3. The van der Waals surface area contributed by atoms with Crippen molar-refractivity contribution in [3.63, 3.8) is 0 Å². The molecule has 2 heterocycles. The Kier molecular flexibility index (Phi) is 7.03. The number of benzene rings is 2. The van der Waals surface area contributed by atoms with Crippen LogP contribution in [0.5, 0.6) is 0 Å². The SMILES string of the molecule is COC(=O)C1=C(C(=O)OC)N(c2cccc(-c3noc(CCl)n3)c2)C(N)=C(C#N)C1c1ccccc1. The second-order valence-electron chi connectivity index (χ2n) is 7.53. The van der Waals surface area contributed by atoms with E-state index < -0.39 is 17.9 Å². The summed E-state index contributed by atoms with van der Waals surface area (Å²) in [6, 6.07) is 17.5. The smallest absolute Gasteiger partial charge is 0.355 e. The number of rotatable bonds is 6. The number of methoxy groups -OCH3 is 2. The number of anilines is 1. The molecule has 0 saturated heterocycles. The fourth-order valence-electron chi connectivity index (χ4n) is 3.99. The van der Waals surface area contributed by atoms with Gasteiger partial charge in [-0.2, -0.15) is 10.2 Å². The van der Waals surface area contributed by atoms with Crippen LogP contribution in [-0.4, -0.2) is 36.3 Å². The van der Waals surface area contributed by atoms with Gasteiger partial charge in [0.25, 0.3) is 0 Å².